The molecule has 1 N–H and O–H groups in total. The molecule has 6 atom stereocenters. The van der Waals surface area contributed by atoms with E-state index in [1.807, 2.05) is 0 Å². The Kier molecular flexibility index (Phi) is 6.07. The molecule has 3 nitrogen and oxygen atoms in total. The summed E-state index contributed by atoms with van der Waals surface area (Å²) in [6, 6.07) is 0. The molecule has 4 aliphatic rings. The second-order valence-electron chi connectivity index (χ2n) is 13.3. The molecule has 0 amide bonds. The van der Waals surface area contributed by atoms with Gasteiger partial charge in [0, 0.05) is 11.8 Å². The maximum absolute atomic E-state index is 12.8. The zero-order valence-corrected chi connectivity index (χ0v) is 22.1. The summed E-state index contributed by atoms with van der Waals surface area (Å²) in [5.74, 6) is 0.270. The van der Waals surface area contributed by atoms with Gasteiger partial charge in [0.1, 0.15) is 5.78 Å². The number of allylic oxidation sites excluding steroid dienone is 4. The molecule has 0 radical (unpaired) electrons. The normalized spacial score (nSPS) is 40.5. The van der Waals surface area contributed by atoms with E-state index >= 15 is 0 Å². The molecule has 0 saturated heterocycles. The third-order valence-electron chi connectivity index (χ3n) is 11.4. The van der Waals surface area contributed by atoms with Crippen LogP contribution in [0.3, 0.4) is 0 Å². The molecule has 0 aromatic heterocycles. The molecule has 0 aliphatic heterocycles. The Hall–Kier alpha value is -1.38. The van der Waals surface area contributed by atoms with E-state index in [-0.39, 0.29) is 33.5 Å². The van der Waals surface area contributed by atoms with Crippen molar-refractivity contribution in [3.8, 4) is 0 Å². The van der Waals surface area contributed by atoms with Crippen LogP contribution in [0.4, 0.5) is 0 Å². The molecule has 33 heavy (non-hydrogen) atoms. The Morgan fingerprint density at radius 2 is 1.70 bits per heavy atom. The maximum atomic E-state index is 12.8. The Balaban J connectivity index is 1.70. The molecule has 0 unspecified atom stereocenters. The molecule has 0 aromatic rings. The van der Waals surface area contributed by atoms with Crippen molar-refractivity contribution in [2.75, 3.05) is 0 Å². The predicted molar refractivity (Wildman–Crippen MR) is 134 cm³/mol. The molecule has 4 rings (SSSR count). The van der Waals surface area contributed by atoms with Crippen LogP contribution in [-0.2, 0) is 9.59 Å². The lowest BCUT2D eigenvalue weighted by molar-refractivity contribution is -0.146. The van der Waals surface area contributed by atoms with Gasteiger partial charge >= 0.3 is 5.97 Å². The van der Waals surface area contributed by atoms with Gasteiger partial charge in [-0.2, -0.15) is 0 Å². The highest BCUT2D eigenvalue weighted by Gasteiger charge is 2.64. The number of carbonyl (C=O) groups is 2. The second-order valence-corrected chi connectivity index (χ2v) is 13.3. The van der Waals surface area contributed by atoms with Gasteiger partial charge in [0.25, 0.3) is 0 Å². The van der Waals surface area contributed by atoms with Gasteiger partial charge in [-0.3, -0.25) is 9.59 Å². The van der Waals surface area contributed by atoms with Gasteiger partial charge in [0.05, 0.1) is 5.92 Å². The quantitative estimate of drug-likeness (QED) is 0.432. The van der Waals surface area contributed by atoms with Crippen molar-refractivity contribution >= 4 is 11.8 Å². The molecule has 0 aromatic carbocycles. The number of aliphatic carboxylic acids is 1. The summed E-state index contributed by atoms with van der Waals surface area (Å²) in [6.07, 6.45) is 12.0. The summed E-state index contributed by atoms with van der Waals surface area (Å²) in [5.41, 5.74) is 4.63. The van der Waals surface area contributed by atoms with Gasteiger partial charge in [-0.15, -0.1) is 0 Å². The van der Waals surface area contributed by atoms with Crippen molar-refractivity contribution in [1.82, 2.24) is 0 Å². The molecular weight excluding hydrogens is 408 g/mol. The number of carboxylic acids is 1. The molecule has 0 bridgehead atoms. The third kappa shape index (κ3) is 3.50. The Labute approximate surface area is 201 Å². The number of carboxylic acid groups (broad SMARTS) is 1. The fourth-order valence-electron chi connectivity index (χ4n) is 9.22. The molecule has 4 aliphatic carbocycles. The van der Waals surface area contributed by atoms with Crippen LogP contribution in [0.15, 0.2) is 22.8 Å². The largest absolute Gasteiger partial charge is 0.481 e. The second kappa shape index (κ2) is 8.09. The lowest BCUT2D eigenvalue weighted by Crippen LogP contribution is -2.54. The van der Waals surface area contributed by atoms with E-state index in [0.717, 1.165) is 57.8 Å². The summed E-state index contributed by atoms with van der Waals surface area (Å²) in [7, 11) is 0. The number of fused-ring (bicyclic) bond motifs is 4. The fraction of sp³-hybridized carbons (Fsp3) is 0.800. The summed E-state index contributed by atoms with van der Waals surface area (Å²) in [6.45, 7) is 15.9. The van der Waals surface area contributed by atoms with Gasteiger partial charge in [0.2, 0.25) is 0 Å². The smallest absolute Gasteiger partial charge is 0.306 e. The van der Waals surface area contributed by atoms with Crippen LogP contribution < -0.4 is 0 Å². The standard InChI is InChI=1S/C30H46O3/c1-19(2)9-8-10-20(26(32)33)21-13-17-30(7)23-11-12-24-27(3,4)25(31)15-16-28(24,5)22(23)14-18-29(21,30)6/h9,20-21,24H,8,10-18H2,1-7H3,(H,32,33)/t20-,21-,24-,28+,29-,30+/m0/s1. The minimum Gasteiger partial charge on any atom is -0.481 e. The van der Waals surface area contributed by atoms with Gasteiger partial charge in [-0.05, 0) is 99.7 Å². The highest BCUT2D eigenvalue weighted by atomic mass is 16.4. The van der Waals surface area contributed by atoms with Crippen molar-refractivity contribution in [1.29, 1.82) is 0 Å². The Bertz CT molecular complexity index is 904. The summed E-state index contributed by atoms with van der Waals surface area (Å²) in [5, 5.41) is 10.2. The number of rotatable bonds is 5. The summed E-state index contributed by atoms with van der Waals surface area (Å²) >= 11 is 0. The van der Waals surface area contributed by atoms with E-state index in [1.165, 1.54) is 5.57 Å². The summed E-state index contributed by atoms with van der Waals surface area (Å²) < 4.78 is 0. The van der Waals surface area contributed by atoms with Crippen molar-refractivity contribution in [3.63, 3.8) is 0 Å². The third-order valence-corrected chi connectivity index (χ3v) is 11.4. The zero-order valence-electron chi connectivity index (χ0n) is 22.1. The minimum absolute atomic E-state index is 0.0447. The SMILES string of the molecule is CC(C)=CCC[C@H](C(=O)O)[C@@H]1CC[C@]2(C)C3=C(CC[C@@]12C)[C@@]1(C)CCC(=O)C(C)(C)[C@@H]1CC3. The number of Topliss-reactive ketones (excluding diaryl/α,β-unsaturated/α-hetero) is 1. The molecule has 0 heterocycles. The number of hydrogen-bond donors (Lipinski definition) is 1. The average Bonchev–Trinajstić information content (AvgIpc) is 3.00. The van der Waals surface area contributed by atoms with Crippen LogP contribution in [0.25, 0.3) is 0 Å². The van der Waals surface area contributed by atoms with Crippen LogP contribution in [0.2, 0.25) is 0 Å². The highest BCUT2D eigenvalue weighted by molar-refractivity contribution is 5.85. The van der Waals surface area contributed by atoms with Crippen LogP contribution in [0.5, 0.6) is 0 Å². The first-order chi connectivity index (χ1) is 15.3. The Morgan fingerprint density at radius 1 is 1.00 bits per heavy atom. The molecule has 2 saturated carbocycles. The van der Waals surface area contributed by atoms with Crippen LogP contribution in [-0.4, -0.2) is 16.9 Å². The van der Waals surface area contributed by atoms with E-state index in [2.05, 4.69) is 54.5 Å². The van der Waals surface area contributed by atoms with Crippen molar-refractivity contribution in [2.24, 2.45) is 39.4 Å². The Morgan fingerprint density at radius 3 is 2.33 bits per heavy atom. The summed E-state index contributed by atoms with van der Waals surface area (Å²) in [4.78, 5) is 25.2. The lowest BCUT2D eigenvalue weighted by Gasteiger charge is -2.60. The molecular formula is C30H46O3. The fourth-order valence-corrected chi connectivity index (χ4v) is 9.22. The topological polar surface area (TPSA) is 54.4 Å². The lowest BCUT2D eigenvalue weighted by atomic mass is 9.43. The van der Waals surface area contributed by atoms with E-state index in [0.29, 0.717) is 18.1 Å². The number of ketones is 1. The van der Waals surface area contributed by atoms with Crippen molar-refractivity contribution < 1.29 is 14.7 Å². The van der Waals surface area contributed by atoms with E-state index in [1.54, 1.807) is 11.1 Å². The zero-order chi connectivity index (χ0) is 24.4. The van der Waals surface area contributed by atoms with Gasteiger partial charge < -0.3 is 5.11 Å². The average molecular weight is 455 g/mol. The van der Waals surface area contributed by atoms with Crippen LogP contribution >= 0.6 is 0 Å². The predicted octanol–water partition coefficient (Wildman–Crippen LogP) is 7.75. The maximum Gasteiger partial charge on any atom is 0.306 e. The van der Waals surface area contributed by atoms with E-state index < -0.39 is 5.97 Å². The first kappa shape index (κ1) is 24.7. The van der Waals surface area contributed by atoms with Crippen molar-refractivity contribution in [2.45, 2.75) is 113 Å². The van der Waals surface area contributed by atoms with Crippen LogP contribution in [0, 0.1) is 39.4 Å². The number of carbonyl (C=O) groups excluding carboxylic acids is 1. The van der Waals surface area contributed by atoms with Gasteiger partial charge in [-0.1, -0.05) is 57.4 Å². The van der Waals surface area contributed by atoms with E-state index in [4.69, 9.17) is 0 Å². The minimum atomic E-state index is -0.601. The van der Waals surface area contributed by atoms with Crippen LogP contribution in [0.1, 0.15) is 113 Å². The molecule has 0 spiro atoms. The van der Waals surface area contributed by atoms with Gasteiger partial charge in [0.15, 0.2) is 0 Å². The monoisotopic (exact) mass is 454 g/mol. The van der Waals surface area contributed by atoms with Crippen molar-refractivity contribution in [3.05, 3.63) is 22.8 Å². The molecule has 2 fully saturated rings. The van der Waals surface area contributed by atoms with Gasteiger partial charge in [-0.25, -0.2) is 0 Å². The molecule has 3 heteroatoms. The first-order valence-electron chi connectivity index (χ1n) is 13.4. The molecule has 184 valence electrons. The first-order valence-corrected chi connectivity index (χ1v) is 13.4. The number of hydrogen-bond acceptors (Lipinski definition) is 2. The van der Waals surface area contributed by atoms with E-state index in [9.17, 15) is 14.7 Å². The highest BCUT2D eigenvalue weighted by Crippen LogP contribution is 2.72.